The summed E-state index contributed by atoms with van der Waals surface area (Å²) < 4.78 is 0. The summed E-state index contributed by atoms with van der Waals surface area (Å²) in [5, 5.41) is 5.78. The summed E-state index contributed by atoms with van der Waals surface area (Å²) in [5.74, 6) is -0.0430. The molecule has 1 rings (SSSR count). The molecule has 0 fully saturated rings. The van der Waals surface area contributed by atoms with E-state index in [0.717, 1.165) is 11.3 Å². The molecule has 0 aromatic heterocycles. The van der Waals surface area contributed by atoms with E-state index in [1.807, 2.05) is 36.4 Å². The monoisotopic (exact) mass is 249 g/mol. The molecule has 0 bridgehead atoms. The van der Waals surface area contributed by atoms with E-state index in [4.69, 9.17) is 18.0 Å². The van der Waals surface area contributed by atoms with Gasteiger partial charge in [0.15, 0.2) is 5.11 Å². The van der Waals surface area contributed by atoms with Crippen LogP contribution >= 0.6 is 12.2 Å². The number of nitrogens with one attached hydrogen (secondary N) is 2. The molecule has 0 aliphatic heterocycles. The highest BCUT2D eigenvalue weighted by Gasteiger charge is 1.93. The van der Waals surface area contributed by atoms with Crippen molar-refractivity contribution in [1.29, 1.82) is 0 Å². The van der Waals surface area contributed by atoms with Gasteiger partial charge in [-0.15, -0.1) is 0 Å². The van der Waals surface area contributed by atoms with Gasteiger partial charge in [-0.2, -0.15) is 0 Å². The normalized spacial score (nSPS) is 10.2. The number of rotatable bonds is 4. The van der Waals surface area contributed by atoms with Crippen molar-refractivity contribution in [3.05, 3.63) is 35.9 Å². The lowest BCUT2D eigenvalue weighted by Gasteiger charge is -2.04. The van der Waals surface area contributed by atoms with Crippen LogP contribution in [-0.4, -0.2) is 17.6 Å². The van der Waals surface area contributed by atoms with Gasteiger partial charge in [-0.25, -0.2) is 0 Å². The molecule has 1 aromatic rings. The first kappa shape index (κ1) is 13.2. The van der Waals surface area contributed by atoms with Gasteiger partial charge in [0.2, 0.25) is 5.91 Å². The Morgan fingerprint density at radius 1 is 1.53 bits per heavy atom. The van der Waals surface area contributed by atoms with Gasteiger partial charge in [-0.1, -0.05) is 24.3 Å². The molecule has 90 valence electrons. The molecule has 4 N–H and O–H groups in total. The molecule has 0 heterocycles. The molecular weight excluding hydrogens is 234 g/mol. The van der Waals surface area contributed by atoms with Gasteiger partial charge in [0.05, 0.1) is 0 Å². The van der Waals surface area contributed by atoms with Crippen LogP contribution in [0.5, 0.6) is 0 Å². The summed E-state index contributed by atoms with van der Waals surface area (Å²) >= 11 is 4.76. The predicted octanol–water partition coefficient (Wildman–Crippen LogP) is 1.49. The van der Waals surface area contributed by atoms with Gasteiger partial charge in [-0.05, 0) is 29.9 Å². The van der Waals surface area contributed by atoms with Crippen LogP contribution in [0, 0.1) is 0 Å². The maximum Gasteiger partial charge on any atom is 0.217 e. The van der Waals surface area contributed by atoms with Crippen molar-refractivity contribution in [2.75, 3.05) is 11.9 Å². The molecule has 0 spiro atoms. The first-order valence-corrected chi connectivity index (χ1v) is 5.56. The fourth-order valence-corrected chi connectivity index (χ4v) is 1.38. The third-order valence-electron chi connectivity index (χ3n) is 1.93. The quantitative estimate of drug-likeness (QED) is 0.707. The van der Waals surface area contributed by atoms with Crippen molar-refractivity contribution < 1.29 is 4.79 Å². The molecule has 1 amide bonds. The molecule has 0 aliphatic rings. The van der Waals surface area contributed by atoms with Crippen LogP contribution in [-0.2, 0) is 4.79 Å². The van der Waals surface area contributed by atoms with Crippen LogP contribution in [0.3, 0.4) is 0 Å². The summed E-state index contributed by atoms with van der Waals surface area (Å²) in [7, 11) is 0. The van der Waals surface area contributed by atoms with Crippen molar-refractivity contribution in [1.82, 2.24) is 5.32 Å². The van der Waals surface area contributed by atoms with Crippen LogP contribution in [0.1, 0.15) is 12.5 Å². The van der Waals surface area contributed by atoms with Gasteiger partial charge in [0, 0.05) is 19.2 Å². The number of hydrogen-bond donors (Lipinski definition) is 3. The molecule has 4 nitrogen and oxygen atoms in total. The van der Waals surface area contributed by atoms with Gasteiger partial charge in [0.1, 0.15) is 0 Å². The highest BCUT2D eigenvalue weighted by atomic mass is 32.1. The minimum absolute atomic E-state index is 0.0430. The average molecular weight is 249 g/mol. The number of hydrogen-bond acceptors (Lipinski definition) is 2. The third kappa shape index (κ3) is 5.67. The molecule has 0 aliphatic carbocycles. The van der Waals surface area contributed by atoms with E-state index in [-0.39, 0.29) is 11.0 Å². The molecule has 0 atom stereocenters. The number of carbonyl (C=O) groups is 1. The topological polar surface area (TPSA) is 67.2 Å². The van der Waals surface area contributed by atoms with Crippen LogP contribution in [0.4, 0.5) is 5.69 Å². The summed E-state index contributed by atoms with van der Waals surface area (Å²) in [5.41, 5.74) is 7.24. The second-order valence-electron chi connectivity index (χ2n) is 3.45. The van der Waals surface area contributed by atoms with Gasteiger partial charge >= 0.3 is 0 Å². The van der Waals surface area contributed by atoms with E-state index in [0.29, 0.717) is 6.54 Å². The summed E-state index contributed by atoms with van der Waals surface area (Å²) in [4.78, 5) is 10.6. The minimum atomic E-state index is -0.0430. The predicted molar refractivity (Wildman–Crippen MR) is 74.6 cm³/mol. The Hall–Kier alpha value is -1.88. The molecule has 17 heavy (non-hydrogen) atoms. The number of carbonyl (C=O) groups excluding carboxylic acids is 1. The molecule has 0 radical (unpaired) electrons. The second-order valence-corrected chi connectivity index (χ2v) is 3.89. The van der Waals surface area contributed by atoms with Crippen molar-refractivity contribution >= 4 is 35.0 Å². The maximum atomic E-state index is 10.6. The molecule has 5 heteroatoms. The van der Waals surface area contributed by atoms with Crippen LogP contribution in [0.25, 0.3) is 6.08 Å². The van der Waals surface area contributed by atoms with Crippen LogP contribution in [0.15, 0.2) is 30.3 Å². The Kier molecular flexibility index (Phi) is 5.16. The zero-order valence-electron chi connectivity index (χ0n) is 9.57. The summed E-state index contributed by atoms with van der Waals surface area (Å²) in [6.07, 6.45) is 3.79. The van der Waals surface area contributed by atoms with E-state index < -0.39 is 0 Å². The zero-order valence-corrected chi connectivity index (χ0v) is 10.4. The number of nitrogens with two attached hydrogens (primary N) is 1. The molecule has 1 aromatic carbocycles. The van der Waals surface area contributed by atoms with Crippen molar-refractivity contribution in [2.24, 2.45) is 5.73 Å². The second kappa shape index (κ2) is 6.65. The fourth-order valence-electron chi connectivity index (χ4n) is 1.26. The SMILES string of the molecule is CC(=O)NCC=Cc1cccc(NC(N)=S)c1. The smallest absolute Gasteiger partial charge is 0.217 e. The minimum Gasteiger partial charge on any atom is -0.376 e. The summed E-state index contributed by atoms with van der Waals surface area (Å²) in [6, 6.07) is 7.65. The Labute approximate surface area is 106 Å². The highest BCUT2D eigenvalue weighted by Crippen LogP contribution is 2.11. The fraction of sp³-hybridized carbons (Fsp3) is 0.167. The van der Waals surface area contributed by atoms with E-state index >= 15 is 0 Å². The number of amides is 1. The van der Waals surface area contributed by atoms with Crippen molar-refractivity contribution in [3.8, 4) is 0 Å². The molecule has 0 unspecified atom stereocenters. The van der Waals surface area contributed by atoms with Gasteiger partial charge in [-0.3, -0.25) is 4.79 Å². The maximum absolute atomic E-state index is 10.6. The first-order chi connectivity index (χ1) is 8.08. The van der Waals surface area contributed by atoms with E-state index in [9.17, 15) is 4.79 Å². The lowest BCUT2D eigenvalue weighted by molar-refractivity contribution is -0.118. The first-order valence-electron chi connectivity index (χ1n) is 5.15. The van der Waals surface area contributed by atoms with E-state index in [2.05, 4.69) is 10.6 Å². The standard InChI is InChI=1S/C12H15N3OS/c1-9(16)14-7-3-5-10-4-2-6-11(8-10)15-12(13)17/h2-6,8H,7H2,1H3,(H,14,16)(H3,13,15,17). The lowest BCUT2D eigenvalue weighted by Crippen LogP contribution is -2.19. The van der Waals surface area contributed by atoms with Gasteiger partial charge < -0.3 is 16.4 Å². The highest BCUT2D eigenvalue weighted by molar-refractivity contribution is 7.80. The van der Waals surface area contributed by atoms with E-state index in [1.165, 1.54) is 6.92 Å². The molecule has 0 saturated carbocycles. The number of thiocarbonyl (C=S) groups is 1. The number of benzene rings is 1. The van der Waals surface area contributed by atoms with Crippen molar-refractivity contribution in [3.63, 3.8) is 0 Å². The Morgan fingerprint density at radius 2 is 2.29 bits per heavy atom. The molecular formula is C12H15N3OS. The summed E-state index contributed by atoms with van der Waals surface area (Å²) in [6.45, 7) is 2.00. The van der Waals surface area contributed by atoms with Gasteiger partial charge in [0.25, 0.3) is 0 Å². The van der Waals surface area contributed by atoms with E-state index in [1.54, 1.807) is 0 Å². The largest absolute Gasteiger partial charge is 0.376 e. The Morgan fingerprint density at radius 3 is 2.94 bits per heavy atom. The van der Waals surface area contributed by atoms with Crippen LogP contribution in [0.2, 0.25) is 0 Å². The Bertz CT molecular complexity index is 443. The number of anilines is 1. The van der Waals surface area contributed by atoms with Crippen molar-refractivity contribution in [2.45, 2.75) is 6.92 Å². The third-order valence-corrected chi connectivity index (χ3v) is 2.04. The Balaban J connectivity index is 2.59. The zero-order chi connectivity index (χ0) is 12.7. The lowest BCUT2D eigenvalue weighted by atomic mass is 10.2. The average Bonchev–Trinajstić information content (AvgIpc) is 2.24. The van der Waals surface area contributed by atoms with Crippen LogP contribution < -0.4 is 16.4 Å². The molecule has 0 saturated heterocycles.